The first kappa shape index (κ1) is 12.9. The van der Waals surface area contributed by atoms with Gasteiger partial charge in [0, 0.05) is 12.3 Å². The quantitative estimate of drug-likeness (QED) is 0.436. The van der Waals surface area contributed by atoms with E-state index in [-0.39, 0.29) is 34.7 Å². The van der Waals surface area contributed by atoms with Crippen molar-refractivity contribution >= 4 is 12.3 Å². The molecule has 0 bridgehead atoms. The van der Waals surface area contributed by atoms with Gasteiger partial charge >= 0.3 is 5.97 Å². The molecule has 0 aromatic heterocycles. The predicted octanol–water partition coefficient (Wildman–Crippen LogP) is 2.89. The molecule has 3 nitrogen and oxygen atoms in total. The van der Waals surface area contributed by atoms with E-state index < -0.39 is 0 Å². The van der Waals surface area contributed by atoms with E-state index >= 15 is 0 Å². The van der Waals surface area contributed by atoms with Gasteiger partial charge in [-0.1, -0.05) is 18.9 Å². The van der Waals surface area contributed by atoms with E-state index in [0.717, 1.165) is 25.5 Å². The summed E-state index contributed by atoms with van der Waals surface area (Å²) in [5.74, 6) is 0.458. The molecule has 2 fully saturated rings. The van der Waals surface area contributed by atoms with Crippen LogP contribution in [-0.4, -0.2) is 18.4 Å². The number of carbonyl (C=O) groups is 2. The maximum atomic E-state index is 12.3. The third kappa shape index (κ3) is 1.50. The highest BCUT2D eigenvalue weighted by Crippen LogP contribution is 2.63. The van der Waals surface area contributed by atoms with Crippen molar-refractivity contribution in [2.24, 2.45) is 22.7 Å². The van der Waals surface area contributed by atoms with Gasteiger partial charge in [-0.15, -0.1) is 0 Å². The molecule has 3 aliphatic rings. The summed E-state index contributed by atoms with van der Waals surface area (Å²) < 4.78 is 5.64. The Morgan fingerprint density at radius 2 is 2.16 bits per heavy atom. The molecule has 1 saturated heterocycles. The topological polar surface area (TPSA) is 43.4 Å². The molecule has 0 aromatic carbocycles. The third-order valence-electron chi connectivity index (χ3n) is 5.95. The number of allylic oxidation sites excluding steroid dienone is 1. The van der Waals surface area contributed by atoms with Crippen molar-refractivity contribution in [2.75, 3.05) is 0 Å². The summed E-state index contributed by atoms with van der Waals surface area (Å²) in [6.45, 7) is 6.40. The van der Waals surface area contributed by atoms with Crippen LogP contribution in [0, 0.1) is 22.7 Å². The fourth-order valence-corrected chi connectivity index (χ4v) is 5.14. The van der Waals surface area contributed by atoms with Crippen LogP contribution in [-0.2, 0) is 14.3 Å². The van der Waals surface area contributed by atoms with E-state index in [4.69, 9.17) is 4.74 Å². The highest BCUT2D eigenvalue weighted by Gasteiger charge is 2.65. The number of carbonyl (C=O) groups excluding carboxylic acids is 2. The molecule has 0 spiro atoms. The van der Waals surface area contributed by atoms with Crippen molar-refractivity contribution in [2.45, 2.75) is 52.6 Å². The summed E-state index contributed by atoms with van der Waals surface area (Å²) in [5, 5.41) is 0. The molecule has 0 amide bonds. The van der Waals surface area contributed by atoms with Crippen LogP contribution in [0.1, 0.15) is 46.5 Å². The molecule has 0 aromatic rings. The van der Waals surface area contributed by atoms with Gasteiger partial charge in [0.2, 0.25) is 0 Å². The van der Waals surface area contributed by atoms with Crippen molar-refractivity contribution in [3.8, 4) is 0 Å². The van der Waals surface area contributed by atoms with Crippen molar-refractivity contribution in [1.82, 2.24) is 0 Å². The van der Waals surface area contributed by atoms with Crippen molar-refractivity contribution in [1.29, 1.82) is 0 Å². The Morgan fingerprint density at radius 1 is 1.42 bits per heavy atom. The molecule has 19 heavy (non-hydrogen) atoms. The van der Waals surface area contributed by atoms with Gasteiger partial charge in [-0.3, -0.25) is 4.79 Å². The second kappa shape index (κ2) is 3.94. The Labute approximate surface area is 114 Å². The maximum absolute atomic E-state index is 12.3. The zero-order valence-electron chi connectivity index (χ0n) is 11.9. The lowest BCUT2D eigenvalue weighted by Gasteiger charge is -2.53. The average Bonchev–Trinajstić information content (AvgIpc) is 2.58. The van der Waals surface area contributed by atoms with Gasteiger partial charge in [-0.05, 0) is 44.1 Å². The van der Waals surface area contributed by atoms with E-state index in [2.05, 4.69) is 26.8 Å². The van der Waals surface area contributed by atoms with Crippen molar-refractivity contribution < 1.29 is 14.3 Å². The second-order valence-corrected chi connectivity index (χ2v) is 6.99. The molecular formula is C16H22O3. The molecule has 5 atom stereocenters. The standard InChI is InChI=1S/C16H22O3/c1-10-9-12-13-15(2,11(10)5-8-17)6-4-7-16(13,3)14(18)19-12/h8-9,11-13H,4-7H2,1-3H3/t11-,12?,13+,15+,16-/m0/s1. The zero-order chi connectivity index (χ0) is 13.8. The predicted molar refractivity (Wildman–Crippen MR) is 71.4 cm³/mol. The molecule has 1 unspecified atom stereocenters. The van der Waals surface area contributed by atoms with Gasteiger partial charge < -0.3 is 9.53 Å². The van der Waals surface area contributed by atoms with Gasteiger partial charge in [-0.25, -0.2) is 0 Å². The Morgan fingerprint density at radius 3 is 2.84 bits per heavy atom. The summed E-state index contributed by atoms with van der Waals surface area (Å²) in [5.41, 5.74) is 0.884. The number of rotatable bonds is 2. The zero-order valence-corrected chi connectivity index (χ0v) is 11.9. The van der Waals surface area contributed by atoms with Crippen LogP contribution < -0.4 is 0 Å². The Hall–Kier alpha value is -1.12. The highest BCUT2D eigenvalue weighted by molar-refractivity contribution is 5.80. The summed E-state index contributed by atoms with van der Waals surface area (Å²) >= 11 is 0. The fraction of sp³-hybridized carbons (Fsp3) is 0.750. The smallest absolute Gasteiger partial charge is 0.312 e. The molecule has 3 rings (SSSR count). The number of ether oxygens (including phenoxy) is 1. The van der Waals surface area contributed by atoms with Gasteiger partial charge in [-0.2, -0.15) is 0 Å². The molecule has 1 saturated carbocycles. The summed E-state index contributed by atoms with van der Waals surface area (Å²) in [7, 11) is 0. The minimum absolute atomic E-state index is 0.0174. The molecule has 2 aliphatic carbocycles. The summed E-state index contributed by atoms with van der Waals surface area (Å²) in [4.78, 5) is 23.3. The molecule has 1 heterocycles. The molecule has 3 heteroatoms. The Balaban J connectivity index is 2.11. The van der Waals surface area contributed by atoms with E-state index in [9.17, 15) is 9.59 Å². The van der Waals surface area contributed by atoms with Crippen molar-refractivity contribution in [3.05, 3.63) is 11.6 Å². The summed E-state index contributed by atoms with van der Waals surface area (Å²) in [6.07, 6.45) is 6.66. The van der Waals surface area contributed by atoms with Crippen LogP contribution in [0.3, 0.4) is 0 Å². The maximum Gasteiger partial charge on any atom is 0.312 e. The van der Waals surface area contributed by atoms with Gasteiger partial charge in [0.05, 0.1) is 5.41 Å². The van der Waals surface area contributed by atoms with Crippen LogP contribution in [0.4, 0.5) is 0 Å². The lowest BCUT2D eigenvalue weighted by molar-refractivity contribution is -0.148. The molecule has 0 radical (unpaired) electrons. The lowest BCUT2D eigenvalue weighted by atomic mass is 9.48. The van der Waals surface area contributed by atoms with Crippen LogP contribution >= 0.6 is 0 Å². The van der Waals surface area contributed by atoms with Crippen LogP contribution in [0.5, 0.6) is 0 Å². The van der Waals surface area contributed by atoms with Crippen LogP contribution in [0.25, 0.3) is 0 Å². The van der Waals surface area contributed by atoms with E-state index in [0.29, 0.717) is 6.42 Å². The average molecular weight is 262 g/mol. The minimum Gasteiger partial charge on any atom is -0.457 e. The SMILES string of the molecule is CC1=CC2OC(=O)[C@@]3(C)CCC[C@@](C)([C@@H]23)[C@H]1CC=O. The number of hydrogen-bond acceptors (Lipinski definition) is 3. The first-order valence-electron chi connectivity index (χ1n) is 7.26. The molecule has 0 N–H and O–H groups in total. The van der Waals surface area contributed by atoms with E-state index in [1.165, 1.54) is 5.57 Å². The third-order valence-corrected chi connectivity index (χ3v) is 5.95. The van der Waals surface area contributed by atoms with Crippen LogP contribution in [0.2, 0.25) is 0 Å². The minimum atomic E-state index is -0.351. The first-order valence-corrected chi connectivity index (χ1v) is 7.26. The normalized spacial score (nSPS) is 48.3. The number of aldehydes is 1. The largest absolute Gasteiger partial charge is 0.457 e. The van der Waals surface area contributed by atoms with Crippen LogP contribution in [0.15, 0.2) is 11.6 Å². The molecule has 1 aliphatic heterocycles. The Bertz CT molecular complexity index is 467. The number of esters is 1. The monoisotopic (exact) mass is 262 g/mol. The van der Waals surface area contributed by atoms with Gasteiger partial charge in [0.15, 0.2) is 0 Å². The molecule has 104 valence electrons. The van der Waals surface area contributed by atoms with E-state index in [1.807, 2.05) is 0 Å². The summed E-state index contributed by atoms with van der Waals surface area (Å²) in [6, 6.07) is 0. The Kier molecular flexibility index (Phi) is 2.67. The lowest BCUT2D eigenvalue weighted by Crippen LogP contribution is -2.52. The number of hydrogen-bond donors (Lipinski definition) is 0. The van der Waals surface area contributed by atoms with Gasteiger partial charge in [0.25, 0.3) is 0 Å². The second-order valence-electron chi connectivity index (χ2n) is 6.99. The highest BCUT2D eigenvalue weighted by atomic mass is 16.6. The van der Waals surface area contributed by atoms with E-state index in [1.54, 1.807) is 0 Å². The first-order chi connectivity index (χ1) is 8.93. The van der Waals surface area contributed by atoms with Gasteiger partial charge in [0.1, 0.15) is 12.4 Å². The molecular weight excluding hydrogens is 240 g/mol. The van der Waals surface area contributed by atoms with Crippen molar-refractivity contribution in [3.63, 3.8) is 0 Å². The fourth-order valence-electron chi connectivity index (χ4n) is 5.14.